The van der Waals surface area contributed by atoms with E-state index in [0.29, 0.717) is 41.2 Å². The first-order valence-electron chi connectivity index (χ1n) is 11.7. The van der Waals surface area contributed by atoms with E-state index in [4.69, 9.17) is 21.1 Å². The maximum Gasteiger partial charge on any atom is 0.329 e. The molecular formula is C28H30ClN3O4. The van der Waals surface area contributed by atoms with Crippen LogP contribution in [0.3, 0.4) is 0 Å². The van der Waals surface area contributed by atoms with Gasteiger partial charge in [0.05, 0.1) is 17.8 Å². The van der Waals surface area contributed by atoms with Crippen LogP contribution < -0.4 is 20.2 Å². The highest BCUT2D eigenvalue weighted by Crippen LogP contribution is 2.37. The van der Waals surface area contributed by atoms with Crippen molar-refractivity contribution in [1.29, 1.82) is 0 Å². The average Bonchev–Trinajstić information content (AvgIpc) is 2.87. The number of carbonyl (C=O) groups excluding carboxylic acids is 2. The summed E-state index contributed by atoms with van der Waals surface area (Å²) >= 11 is 6.44. The molecule has 3 aromatic rings. The van der Waals surface area contributed by atoms with E-state index in [9.17, 15) is 9.59 Å². The van der Waals surface area contributed by atoms with E-state index in [1.807, 2.05) is 61.5 Å². The number of ether oxygens (including phenoxy) is 2. The maximum atomic E-state index is 12.1. The third-order valence-corrected chi connectivity index (χ3v) is 5.52. The van der Waals surface area contributed by atoms with E-state index >= 15 is 0 Å². The van der Waals surface area contributed by atoms with Crippen LogP contribution in [0, 0.1) is 0 Å². The minimum atomic E-state index is -0.871. The maximum absolute atomic E-state index is 12.1. The SMILES string of the molecule is CCOc1cc(/C=N\NC(=O)C(=O)NCc2ccc(C(C)C)cc2)cc(Cl)c1OCc1ccccc1. The Morgan fingerprint density at radius 2 is 1.69 bits per heavy atom. The van der Waals surface area contributed by atoms with Gasteiger partial charge in [-0.25, -0.2) is 5.43 Å². The van der Waals surface area contributed by atoms with Crippen LogP contribution in [0.5, 0.6) is 11.5 Å². The number of rotatable bonds is 10. The molecule has 0 bridgehead atoms. The first kappa shape index (κ1) is 26.8. The molecule has 0 saturated heterocycles. The van der Waals surface area contributed by atoms with Crippen molar-refractivity contribution in [2.75, 3.05) is 6.61 Å². The zero-order valence-corrected chi connectivity index (χ0v) is 21.3. The summed E-state index contributed by atoms with van der Waals surface area (Å²) in [6, 6.07) is 20.9. The first-order chi connectivity index (χ1) is 17.4. The average molecular weight is 508 g/mol. The zero-order chi connectivity index (χ0) is 25.9. The molecule has 0 fully saturated rings. The molecule has 8 heteroatoms. The van der Waals surface area contributed by atoms with Crippen molar-refractivity contribution in [2.45, 2.75) is 39.8 Å². The fourth-order valence-corrected chi connectivity index (χ4v) is 3.57. The van der Waals surface area contributed by atoms with E-state index in [0.717, 1.165) is 11.1 Å². The van der Waals surface area contributed by atoms with Crippen molar-refractivity contribution in [3.05, 3.63) is 94.0 Å². The number of nitrogens with one attached hydrogen (secondary N) is 2. The third-order valence-electron chi connectivity index (χ3n) is 5.24. The van der Waals surface area contributed by atoms with Crippen molar-refractivity contribution in [1.82, 2.24) is 10.7 Å². The predicted molar refractivity (Wildman–Crippen MR) is 142 cm³/mol. The van der Waals surface area contributed by atoms with Gasteiger partial charge in [0.2, 0.25) is 0 Å². The highest BCUT2D eigenvalue weighted by atomic mass is 35.5. The first-order valence-corrected chi connectivity index (χ1v) is 12.1. The Morgan fingerprint density at radius 1 is 0.972 bits per heavy atom. The highest BCUT2D eigenvalue weighted by molar-refractivity contribution is 6.35. The molecule has 0 unspecified atom stereocenters. The molecule has 0 aliphatic rings. The molecule has 2 amide bonds. The van der Waals surface area contributed by atoms with Crippen LogP contribution in [0.15, 0.2) is 71.8 Å². The number of benzene rings is 3. The summed E-state index contributed by atoms with van der Waals surface area (Å²) in [5, 5.41) is 6.80. The number of nitrogens with zero attached hydrogens (tertiary/aromatic N) is 1. The molecule has 36 heavy (non-hydrogen) atoms. The van der Waals surface area contributed by atoms with Crippen molar-refractivity contribution < 1.29 is 19.1 Å². The lowest BCUT2D eigenvalue weighted by atomic mass is 10.0. The van der Waals surface area contributed by atoms with Crippen LogP contribution in [0.25, 0.3) is 0 Å². The van der Waals surface area contributed by atoms with Crippen LogP contribution in [-0.2, 0) is 22.7 Å². The van der Waals surface area contributed by atoms with E-state index in [1.54, 1.807) is 12.1 Å². The second-order valence-corrected chi connectivity index (χ2v) is 8.72. The normalized spacial score (nSPS) is 10.9. The predicted octanol–water partition coefficient (Wildman–Crippen LogP) is 5.21. The summed E-state index contributed by atoms with van der Waals surface area (Å²) in [6.45, 7) is 7.07. The van der Waals surface area contributed by atoms with Crippen LogP contribution in [0.1, 0.15) is 48.9 Å². The Balaban J connectivity index is 1.56. The van der Waals surface area contributed by atoms with Crippen LogP contribution in [0.2, 0.25) is 5.02 Å². The summed E-state index contributed by atoms with van der Waals surface area (Å²) in [7, 11) is 0. The van der Waals surface area contributed by atoms with E-state index < -0.39 is 11.8 Å². The minimum absolute atomic E-state index is 0.242. The molecule has 0 aliphatic heterocycles. The van der Waals surface area contributed by atoms with Crippen molar-refractivity contribution in [3.63, 3.8) is 0 Å². The molecule has 3 rings (SSSR count). The van der Waals surface area contributed by atoms with Crippen molar-refractivity contribution in [2.24, 2.45) is 5.10 Å². The fourth-order valence-electron chi connectivity index (χ4n) is 3.29. The molecular weight excluding hydrogens is 478 g/mol. The Hall–Kier alpha value is -3.84. The van der Waals surface area contributed by atoms with Gasteiger partial charge >= 0.3 is 11.8 Å². The number of amides is 2. The van der Waals surface area contributed by atoms with Crippen LogP contribution in [-0.4, -0.2) is 24.6 Å². The quantitative estimate of drug-likeness (QED) is 0.224. The van der Waals surface area contributed by atoms with Gasteiger partial charge in [0.1, 0.15) is 6.61 Å². The molecule has 0 atom stereocenters. The minimum Gasteiger partial charge on any atom is -0.490 e. The Bertz CT molecular complexity index is 1200. The van der Waals surface area contributed by atoms with Gasteiger partial charge < -0.3 is 14.8 Å². The smallest absolute Gasteiger partial charge is 0.329 e. The van der Waals surface area contributed by atoms with E-state index in [-0.39, 0.29) is 6.54 Å². The van der Waals surface area contributed by atoms with Gasteiger partial charge in [0.25, 0.3) is 0 Å². The Morgan fingerprint density at radius 3 is 2.36 bits per heavy atom. The van der Waals surface area contributed by atoms with Gasteiger partial charge in [-0.3, -0.25) is 9.59 Å². The highest BCUT2D eigenvalue weighted by Gasteiger charge is 2.14. The number of halogens is 1. The van der Waals surface area contributed by atoms with Crippen LogP contribution in [0.4, 0.5) is 0 Å². The molecule has 0 heterocycles. The fraction of sp³-hybridized carbons (Fsp3) is 0.250. The van der Waals surface area contributed by atoms with Crippen LogP contribution >= 0.6 is 11.6 Å². The number of carbonyl (C=O) groups is 2. The number of hydrogen-bond donors (Lipinski definition) is 2. The van der Waals surface area contributed by atoms with Gasteiger partial charge in [0, 0.05) is 6.54 Å². The topological polar surface area (TPSA) is 89.0 Å². The molecule has 7 nitrogen and oxygen atoms in total. The van der Waals surface area contributed by atoms with Gasteiger partial charge in [-0.15, -0.1) is 0 Å². The molecule has 0 aromatic heterocycles. The molecule has 2 N–H and O–H groups in total. The van der Waals surface area contributed by atoms with E-state index in [2.05, 4.69) is 29.7 Å². The second-order valence-electron chi connectivity index (χ2n) is 8.32. The monoisotopic (exact) mass is 507 g/mol. The summed E-state index contributed by atoms with van der Waals surface area (Å²) < 4.78 is 11.6. The lowest BCUT2D eigenvalue weighted by Crippen LogP contribution is -2.37. The molecule has 0 spiro atoms. The van der Waals surface area contributed by atoms with Gasteiger partial charge in [-0.05, 0) is 47.2 Å². The van der Waals surface area contributed by atoms with Crippen molar-refractivity contribution in [3.8, 4) is 11.5 Å². The molecule has 3 aromatic carbocycles. The molecule has 0 radical (unpaired) electrons. The van der Waals surface area contributed by atoms with E-state index in [1.165, 1.54) is 11.8 Å². The second kappa shape index (κ2) is 13.3. The van der Waals surface area contributed by atoms with Gasteiger partial charge in [-0.1, -0.05) is 80.0 Å². The molecule has 0 saturated carbocycles. The lowest BCUT2D eigenvalue weighted by Gasteiger charge is -2.14. The Labute approximate surface area is 216 Å². The summed E-state index contributed by atoms with van der Waals surface area (Å²) in [4.78, 5) is 24.2. The largest absolute Gasteiger partial charge is 0.490 e. The summed E-state index contributed by atoms with van der Waals surface area (Å²) in [6.07, 6.45) is 1.38. The third kappa shape index (κ3) is 7.85. The number of hydrazone groups is 1. The van der Waals surface area contributed by atoms with Crippen molar-refractivity contribution >= 4 is 29.6 Å². The Kier molecular flexibility index (Phi) is 9.89. The number of hydrogen-bond acceptors (Lipinski definition) is 5. The van der Waals surface area contributed by atoms with Gasteiger partial charge in [-0.2, -0.15) is 5.10 Å². The summed E-state index contributed by atoms with van der Waals surface area (Å²) in [5.74, 6) is -0.351. The standard InChI is InChI=1S/C28H30ClN3O4/c1-4-35-25-15-22(14-24(29)26(25)36-18-21-8-6-5-7-9-21)17-31-32-28(34)27(33)30-16-20-10-12-23(13-11-20)19(2)3/h5-15,17,19H,4,16,18H2,1-3H3,(H,30,33)(H,32,34)/b31-17-. The molecule has 188 valence electrons. The lowest BCUT2D eigenvalue weighted by molar-refractivity contribution is -0.139. The molecule has 0 aliphatic carbocycles. The van der Waals surface area contributed by atoms with Gasteiger partial charge in [0.15, 0.2) is 11.5 Å². The summed E-state index contributed by atoms with van der Waals surface area (Å²) in [5.41, 5.74) is 5.90. The zero-order valence-electron chi connectivity index (χ0n) is 20.6.